The lowest BCUT2D eigenvalue weighted by Crippen LogP contribution is -2.16. The molecule has 2 aromatic heterocycles. The van der Waals surface area contributed by atoms with E-state index in [9.17, 15) is 4.79 Å². The molecule has 0 amide bonds. The number of halogens is 1. The molecule has 0 radical (unpaired) electrons. The van der Waals surface area contributed by atoms with E-state index in [-0.39, 0.29) is 17.0 Å². The predicted molar refractivity (Wildman–Crippen MR) is 66.7 cm³/mol. The van der Waals surface area contributed by atoms with Crippen molar-refractivity contribution in [3.05, 3.63) is 28.1 Å². The largest absolute Gasteiger partial charge is 0.349 e. The third-order valence-corrected chi connectivity index (χ3v) is 3.27. The lowest BCUT2D eigenvalue weighted by molar-refractivity contribution is 0.625. The number of nitrogens with one attached hydrogen (secondary N) is 1. The Morgan fingerprint density at radius 2 is 2.29 bits per heavy atom. The van der Waals surface area contributed by atoms with E-state index in [0.717, 1.165) is 12.1 Å². The van der Waals surface area contributed by atoms with Crippen molar-refractivity contribution in [1.82, 2.24) is 19.6 Å². The Labute approximate surface area is 104 Å². The molecule has 0 aliphatic carbocycles. The summed E-state index contributed by atoms with van der Waals surface area (Å²) in [4.78, 5) is 15.9. The van der Waals surface area contributed by atoms with E-state index in [4.69, 9.17) is 11.6 Å². The van der Waals surface area contributed by atoms with Gasteiger partial charge in [-0.1, -0.05) is 6.92 Å². The van der Waals surface area contributed by atoms with Gasteiger partial charge in [0.2, 0.25) is 0 Å². The molecule has 2 rings (SSSR count). The first kappa shape index (κ1) is 12.1. The quantitative estimate of drug-likeness (QED) is 0.851. The molecule has 92 valence electrons. The fraction of sp³-hybridized carbons (Fsp3) is 0.545. The van der Waals surface area contributed by atoms with E-state index in [2.05, 4.69) is 22.1 Å². The Hall–Kier alpha value is -1.36. The van der Waals surface area contributed by atoms with Crippen molar-refractivity contribution in [3.8, 4) is 0 Å². The van der Waals surface area contributed by atoms with Crippen LogP contribution >= 0.6 is 11.6 Å². The molecule has 1 N–H and O–H groups in total. The van der Waals surface area contributed by atoms with Crippen molar-refractivity contribution < 1.29 is 0 Å². The first-order valence-electron chi connectivity index (χ1n) is 5.63. The molecule has 2 aromatic rings. The zero-order valence-electron chi connectivity index (χ0n) is 10.1. The number of aromatic nitrogens is 4. The average Bonchev–Trinajstić information content (AvgIpc) is 2.61. The summed E-state index contributed by atoms with van der Waals surface area (Å²) in [5.41, 5.74) is 1.22. The molecule has 0 aliphatic heterocycles. The summed E-state index contributed by atoms with van der Waals surface area (Å²) in [5.74, 6) is 0.805. The van der Waals surface area contributed by atoms with Crippen LogP contribution in [-0.2, 0) is 0 Å². The summed E-state index contributed by atoms with van der Waals surface area (Å²) >= 11 is 6.15. The van der Waals surface area contributed by atoms with Crippen LogP contribution in [0.2, 0.25) is 0 Å². The van der Waals surface area contributed by atoms with E-state index >= 15 is 0 Å². The minimum atomic E-state index is -0.261. The molecule has 2 heterocycles. The smallest absolute Gasteiger partial charge is 0.246 e. The molecule has 0 aliphatic rings. The summed E-state index contributed by atoms with van der Waals surface area (Å²) in [6.07, 6.45) is 0.905. The summed E-state index contributed by atoms with van der Waals surface area (Å²) < 4.78 is 1.45. The summed E-state index contributed by atoms with van der Waals surface area (Å²) in [6.45, 7) is 5.81. The van der Waals surface area contributed by atoms with Gasteiger partial charge in [-0.15, -0.1) is 11.6 Å². The maximum Gasteiger partial charge on any atom is 0.349 e. The second-order valence-electron chi connectivity index (χ2n) is 4.14. The van der Waals surface area contributed by atoms with Crippen LogP contribution in [0.25, 0.3) is 5.65 Å². The van der Waals surface area contributed by atoms with Crippen LogP contribution < -0.4 is 5.69 Å². The summed E-state index contributed by atoms with van der Waals surface area (Å²) in [6, 6.07) is 1.82. The van der Waals surface area contributed by atoms with Gasteiger partial charge in [-0.3, -0.25) is 0 Å². The fourth-order valence-electron chi connectivity index (χ4n) is 2.08. The summed E-state index contributed by atoms with van der Waals surface area (Å²) in [5, 5.41) is 6.37. The third kappa shape index (κ3) is 2.07. The second kappa shape index (κ2) is 4.49. The number of hydrogen-bond acceptors (Lipinski definition) is 3. The molecule has 17 heavy (non-hydrogen) atoms. The first-order valence-corrected chi connectivity index (χ1v) is 6.07. The van der Waals surface area contributed by atoms with Crippen LogP contribution in [-0.4, -0.2) is 25.0 Å². The van der Waals surface area contributed by atoms with Crippen molar-refractivity contribution >= 4 is 17.2 Å². The number of hydrogen-bond donors (Lipinski definition) is 1. The monoisotopic (exact) mass is 254 g/mol. The number of fused-ring (bicyclic) bond motifs is 1. The molecule has 0 saturated heterocycles. The highest BCUT2D eigenvalue weighted by Crippen LogP contribution is 2.25. The van der Waals surface area contributed by atoms with Gasteiger partial charge < -0.3 is 0 Å². The zero-order chi connectivity index (χ0) is 12.6. The molecule has 5 nitrogen and oxygen atoms in total. The van der Waals surface area contributed by atoms with Crippen molar-refractivity contribution in [2.45, 2.75) is 38.5 Å². The average molecular weight is 255 g/mol. The predicted octanol–water partition coefficient (Wildman–Crippen LogP) is 1.85. The second-order valence-corrected chi connectivity index (χ2v) is 4.83. The fourth-order valence-corrected chi connectivity index (χ4v) is 2.39. The minimum absolute atomic E-state index is 0.0000128. The van der Waals surface area contributed by atoms with Gasteiger partial charge in [-0.25, -0.2) is 19.3 Å². The highest BCUT2D eigenvalue weighted by molar-refractivity contribution is 6.20. The van der Waals surface area contributed by atoms with E-state index in [1.807, 2.05) is 13.0 Å². The van der Waals surface area contributed by atoms with Crippen LogP contribution in [0.15, 0.2) is 10.9 Å². The number of alkyl halides is 1. The van der Waals surface area contributed by atoms with Crippen LogP contribution in [0.5, 0.6) is 0 Å². The standard InChI is InChI=1S/C11H15ClN4O/c1-4-8(6(2)12)9-5-10-14-15-11(17)16(10)7(3)13-9/h5-6,8H,4H2,1-3H3,(H,15,17). The molecule has 2 unspecified atom stereocenters. The molecule has 0 spiro atoms. The maximum atomic E-state index is 11.5. The van der Waals surface area contributed by atoms with Gasteiger partial charge in [0.05, 0.1) is 5.69 Å². The molecular formula is C11H15ClN4O. The van der Waals surface area contributed by atoms with E-state index in [1.165, 1.54) is 4.40 Å². The Balaban J connectivity index is 2.61. The third-order valence-electron chi connectivity index (χ3n) is 2.96. The van der Waals surface area contributed by atoms with Crippen molar-refractivity contribution in [2.24, 2.45) is 0 Å². The van der Waals surface area contributed by atoms with E-state index in [0.29, 0.717) is 11.5 Å². The Bertz CT molecular complexity index is 587. The molecule has 0 fully saturated rings. The number of H-pyrrole nitrogens is 1. The maximum absolute atomic E-state index is 11.5. The van der Waals surface area contributed by atoms with Gasteiger partial charge in [-0.05, 0) is 20.3 Å². The molecule has 0 aromatic carbocycles. The lowest BCUT2D eigenvalue weighted by Gasteiger charge is -2.17. The SMILES string of the molecule is CCC(c1cc2n[nH]c(=O)n2c(C)n1)C(C)Cl. The molecule has 6 heteroatoms. The van der Waals surface area contributed by atoms with E-state index in [1.54, 1.807) is 6.92 Å². The molecule has 2 atom stereocenters. The Morgan fingerprint density at radius 3 is 2.88 bits per heavy atom. The minimum Gasteiger partial charge on any atom is -0.246 e. The van der Waals surface area contributed by atoms with Crippen LogP contribution in [0.3, 0.4) is 0 Å². The lowest BCUT2D eigenvalue weighted by atomic mass is 9.98. The zero-order valence-corrected chi connectivity index (χ0v) is 10.8. The van der Waals surface area contributed by atoms with Gasteiger partial charge in [0, 0.05) is 17.4 Å². The Morgan fingerprint density at radius 1 is 1.59 bits per heavy atom. The van der Waals surface area contributed by atoms with Gasteiger partial charge in [0.1, 0.15) is 5.82 Å². The first-order chi connectivity index (χ1) is 8.04. The normalized spacial score (nSPS) is 15.1. The molecule has 0 saturated carbocycles. The number of aryl methyl sites for hydroxylation is 1. The van der Waals surface area contributed by atoms with Crippen LogP contribution in [0.1, 0.15) is 37.7 Å². The van der Waals surface area contributed by atoms with Gasteiger partial charge in [0.25, 0.3) is 0 Å². The Kier molecular flexibility index (Phi) is 3.19. The van der Waals surface area contributed by atoms with Crippen molar-refractivity contribution in [2.75, 3.05) is 0 Å². The van der Waals surface area contributed by atoms with Gasteiger partial charge in [-0.2, -0.15) is 5.10 Å². The van der Waals surface area contributed by atoms with E-state index < -0.39 is 0 Å². The summed E-state index contributed by atoms with van der Waals surface area (Å²) in [7, 11) is 0. The van der Waals surface area contributed by atoms with Crippen LogP contribution in [0.4, 0.5) is 0 Å². The van der Waals surface area contributed by atoms with Crippen LogP contribution in [0, 0.1) is 6.92 Å². The van der Waals surface area contributed by atoms with Gasteiger partial charge in [0.15, 0.2) is 5.65 Å². The van der Waals surface area contributed by atoms with Crippen molar-refractivity contribution in [1.29, 1.82) is 0 Å². The highest BCUT2D eigenvalue weighted by atomic mass is 35.5. The molecular weight excluding hydrogens is 240 g/mol. The van der Waals surface area contributed by atoms with Crippen molar-refractivity contribution in [3.63, 3.8) is 0 Å². The van der Waals surface area contributed by atoms with Gasteiger partial charge >= 0.3 is 5.69 Å². The number of rotatable bonds is 3. The highest BCUT2D eigenvalue weighted by Gasteiger charge is 2.19. The number of aromatic amines is 1. The number of nitrogens with zero attached hydrogens (tertiary/aromatic N) is 3. The molecule has 0 bridgehead atoms. The topological polar surface area (TPSA) is 63.0 Å².